The second-order valence-electron chi connectivity index (χ2n) is 6.80. The second-order valence-corrected chi connectivity index (χ2v) is 6.80. The van der Waals surface area contributed by atoms with Crippen LogP contribution in [0.1, 0.15) is 25.7 Å². The Morgan fingerprint density at radius 1 is 0.846 bits per heavy atom. The van der Waals surface area contributed by atoms with Crippen molar-refractivity contribution in [3.8, 4) is 0 Å². The number of imide groups is 2. The molecule has 1 atom stereocenters. The van der Waals surface area contributed by atoms with Crippen LogP contribution in [0.3, 0.4) is 0 Å². The second kappa shape index (κ2) is 5.86. The minimum atomic E-state index is -0.502. The Hall–Kier alpha value is -2.84. The number of nitrogens with one attached hydrogen (secondary N) is 2. The summed E-state index contributed by atoms with van der Waals surface area (Å²) in [4.78, 5) is 48.1. The quantitative estimate of drug-likeness (QED) is 0.468. The van der Waals surface area contributed by atoms with Crippen LogP contribution >= 0.6 is 0 Å². The molecule has 1 fully saturated rings. The molecule has 4 rings (SSSR count). The van der Waals surface area contributed by atoms with Gasteiger partial charge in [-0.2, -0.15) is 0 Å². The Morgan fingerprint density at radius 2 is 1.38 bits per heavy atom. The van der Waals surface area contributed by atoms with Gasteiger partial charge >= 0.3 is 0 Å². The molecule has 8 heteroatoms. The molecule has 0 aromatic carbocycles. The first-order valence-electron chi connectivity index (χ1n) is 8.41. The van der Waals surface area contributed by atoms with Gasteiger partial charge in [0.25, 0.3) is 0 Å². The summed E-state index contributed by atoms with van der Waals surface area (Å²) in [6, 6.07) is -0.502. The van der Waals surface area contributed by atoms with E-state index < -0.39 is 11.9 Å². The van der Waals surface area contributed by atoms with Gasteiger partial charge < -0.3 is 11.5 Å². The van der Waals surface area contributed by atoms with Gasteiger partial charge in [0, 0.05) is 12.6 Å². The van der Waals surface area contributed by atoms with Crippen molar-refractivity contribution in [1.29, 1.82) is 0 Å². The maximum absolute atomic E-state index is 12.1. The largest absolute Gasteiger partial charge is 0.329 e. The van der Waals surface area contributed by atoms with Crippen molar-refractivity contribution in [2.45, 2.75) is 31.7 Å². The Balaban J connectivity index is 1.94. The molecule has 0 aromatic rings. The maximum Gasteiger partial charge on any atom is 0.231 e. The van der Waals surface area contributed by atoms with E-state index in [2.05, 4.69) is 10.6 Å². The highest BCUT2D eigenvalue weighted by molar-refractivity contribution is 6.04. The predicted octanol–water partition coefficient (Wildman–Crippen LogP) is -1.01. The lowest BCUT2D eigenvalue weighted by atomic mass is 9.92. The highest BCUT2D eigenvalue weighted by atomic mass is 16.2. The van der Waals surface area contributed by atoms with Gasteiger partial charge in [-0.3, -0.25) is 29.8 Å². The van der Waals surface area contributed by atoms with Crippen molar-refractivity contribution in [2.75, 3.05) is 6.54 Å². The molecule has 0 radical (unpaired) electrons. The van der Waals surface area contributed by atoms with E-state index in [1.165, 1.54) is 0 Å². The molecular weight excluding hydrogens is 336 g/mol. The fourth-order valence-corrected chi connectivity index (χ4v) is 4.13. The molecule has 0 spiro atoms. The van der Waals surface area contributed by atoms with Gasteiger partial charge in [0.15, 0.2) is 0 Å². The number of fused-ring (bicyclic) bond motifs is 3. The molecule has 8 nitrogen and oxygen atoms in total. The first-order chi connectivity index (χ1) is 12.4. The van der Waals surface area contributed by atoms with Crippen LogP contribution in [0.4, 0.5) is 0 Å². The minimum absolute atomic E-state index is 0.0287. The number of allylic oxidation sites excluding steroid dienone is 3. The van der Waals surface area contributed by atoms with Crippen molar-refractivity contribution in [2.24, 2.45) is 11.5 Å². The molecule has 1 unspecified atom stereocenters. The zero-order valence-corrected chi connectivity index (χ0v) is 14.0. The number of hydrogen-bond donors (Lipinski definition) is 4. The maximum atomic E-state index is 12.1. The van der Waals surface area contributed by atoms with E-state index in [9.17, 15) is 19.2 Å². The van der Waals surface area contributed by atoms with Gasteiger partial charge in [-0.05, 0) is 45.1 Å². The fourth-order valence-electron chi connectivity index (χ4n) is 4.13. The Morgan fingerprint density at radius 3 is 2.00 bits per heavy atom. The van der Waals surface area contributed by atoms with Crippen molar-refractivity contribution >= 4 is 23.6 Å². The lowest BCUT2D eigenvalue weighted by Gasteiger charge is -2.15. The SMILES string of the molecule is NCC(N)C1=C2C=C3CC(=O)NC(=O)CC3=C2C2=C1CC(=O)NC(=O)C2. The van der Waals surface area contributed by atoms with Gasteiger partial charge in [0.2, 0.25) is 23.6 Å². The Bertz CT molecular complexity index is 919. The first kappa shape index (κ1) is 16.6. The number of hydrogen-bond acceptors (Lipinski definition) is 6. The van der Waals surface area contributed by atoms with Crippen molar-refractivity contribution < 1.29 is 19.2 Å². The van der Waals surface area contributed by atoms with Crippen LogP contribution in [0.25, 0.3) is 0 Å². The Kier molecular flexibility index (Phi) is 3.74. The van der Waals surface area contributed by atoms with Crippen LogP contribution in [0.15, 0.2) is 45.1 Å². The molecule has 2 aliphatic carbocycles. The van der Waals surface area contributed by atoms with Gasteiger partial charge in [0.05, 0.1) is 25.7 Å². The predicted molar refractivity (Wildman–Crippen MR) is 91.0 cm³/mol. The molecule has 1 saturated heterocycles. The third kappa shape index (κ3) is 2.46. The third-order valence-electron chi connectivity index (χ3n) is 5.10. The van der Waals surface area contributed by atoms with Crippen LogP contribution < -0.4 is 22.1 Å². The summed E-state index contributed by atoms with van der Waals surface area (Å²) in [5, 5.41) is 4.67. The zero-order chi connectivity index (χ0) is 18.6. The zero-order valence-electron chi connectivity index (χ0n) is 14.0. The van der Waals surface area contributed by atoms with E-state index in [1.807, 2.05) is 6.08 Å². The third-order valence-corrected chi connectivity index (χ3v) is 5.10. The average Bonchev–Trinajstić information content (AvgIpc) is 2.90. The number of nitrogens with two attached hydrogens (primary N) is 2. The summed E-state index contributed by atoms with van der Waals surface area (Å²) in [5.41, 5.74) is 17.2. The molecule has 134 valence electrons. The highest BCUT2D eigenvalue weighted by Crippen LogP contribution is 2.50. The van der Waals surface area contributed by atoms with E-state index in [0.717, 1.165) is 33.4 Å². The van der Waals surface area contributed by atoms with Crippen LogP contribution in [0, 0.1) is 0 Å². The summed E-state index contributed by atoms with van der Waals surface area (Å²) in [5.74, 6) is -1.51. The van der Waals surface area contributed by atoms with E-state index >= 15 is 0 Å². The molecule has 2 aliphatic heterocycles. The lowest BCUT2D eigenvalue weighted by Crippen LogP contribution is -2.33. The van der Waals surface area contributed by atoms with Crippen LogP contribution in [0.5, 0.6) is 0 Å². The number of carbonyl (C=O) groups excluding carboxylic acids is 4. The molecule has 0 saturated carbocycles. The number of amides is 4. The van der Waals surface area contributed by atoms with Crippen LogP contribution in [-0.4, -0.2) is 36.2 Å². The number of carbonyl (C=O) groups is 4. The highest BCUT2D eigenvalue weighted by Gasteiger charge is 2.40. The fraction of sp³-hybridized carbons (Fsp3) is 0.333. The monoisotopic (exact) mass is 354 g/mol. The van der Waals surface area contributed by atoms with Crippen molar-refractivity contribution in [3.05, 3.63) is 45.1 Å². The normalized spacial score (nSPS) is 23.8. The van der Waals surface area contributed by atoms with Gasteiger partial charge in [-0.1, -0.05) is 0 Å². The molecule has 6 N–H and O–H groups in total. The molecular formula is C18H18N4O4. The molecule has 2 heterocycles. The van der Waals surface area contributed by atoms with E-state index in [0.29, 0.717) is 5.57 Å². The van der Waals surface area contributed by atoms with E-state index in [-0.39, 0.29) is 49.9 Å². The van der Waals surface area contributed by atoms with Crippen molar-refractivity contribution in [3.63, 3.8) is 0 Å². The van der Waals surface area contributed by atoms with Crippen molar-refractivity contribution in [1.82, 2.24) is 10.6 Å². The molecule has 0 aromatic heterocycles. The van der Waals surface area contributed by atoms with Crippen LogP contribution in [0.2, 0.25) is 0 Å². The first-order valence-corrected chi connectivity index (χ1v) is 8.41. The lowest BCUT2D eigenvalue weighted by molar-refractivity contribution is -0.130. The molecule has 0 bridgehead atoms. The average molecular weight is 354 g/mol. The standard InChI is InChI=1S/C18H18N4O4/c19-6-12(20)18-10-5-16(26)22-15(25)4-9(10)17-8-3-14(24)21-13(23)2-7(8)1-11(17)18/h1,12H,2-6,19-20H2,(H,21,23,24)(H,22,25,26). The minimum Gasteiger partial charge on any atom is -0.329 e. The summed E-state index contributed by atoms with van der Waals surface area (Å²) >= 11 is 0. The summed E-state index contributed by atoms with van der Waals surface area (Å²) in [6.45, 7) is 0.177. The summed E-state index contributed by atoms with van der Waals surface area (Å²) in [7, 11) is 0. The summed E-state index contributed by atoms with van der Waals surface area (Å²) in [6.07, 6.45) is 2.06. The molecule has 4 aliphatic rings. The van der Waals surface area contributed by atoms with Gasteiger partial charge in [-0.15, -0.1) is 0 Å². The molecule has 26 heavy (non-hydrogen) atoms. The van der Waals surface area contributed by atoms with Gasteiger partial charge in [-0.25, -0.2) is 0 Å². The van der Waals surface area contributed by atoms with E-state index in [4.69, 9.17) is 11.5 Å². The topological polar surface area (TPSA) is 144 Å². The molecule has 4 amide bonds. The van der Waals surface area contributed by atoms with E-state index in [1.54, 1.807) is 0 Å². The Labute approximate surface area is 149 Å². The van der Waals surface area contributed by atoms with Crippen LogP contribution in [-0.2, 0) is 19.2 Å². The number of rotatable bonds is 2. The smallest absolute Gasteiger partial charge is 0.231 e. The summed E-state index contributed by atoms with van der Waals surface area (Å²) < 4.78 is 0. The van der Waals surface area contributed by atoms with Gasteiger partial charge in [0.1, 0.15) is 0 Å².